The third-order valence-corrected chi connectivity index (χ3v) is 2.29. The molecule has 0 fully saturated rings. The van der Waals surface area contributed by atoms with Crippen LogP contribution in [0.2, 0.25) is 0 Å². The minimum atomic E-state index is -1.10. The Kier molecular flexibility index (Phi) is 5.34. The van der Waals surface area contributed by atoms with E-state index in [0.29, 0.717) is 24.7 Å². The number of aliphatic hydroxyl groups is 1. The molecule has 0 bridgehead atoms. The van der Waals surface area contributed by atoms with Gasteiger partial charge in [-0.3, -0.25) is 0 Å². The number of hydrogen-bond donors (Lipinski definition) is 3. The number of carboxylic acids is 1. The highest BCUT2D eigenvalue weighted by Gasteiger charge is 2.11. The molecule has 0 aliphatic carbocycles. The van der Waals surface area contributed by atoms with E-state index < -0.39 is 5.97 Å². The summed E-state index contributed by atoms with van der Waals surface area (Å²) in [6, 6.07) is 2.87. The summed E-state index contributed by atoms with van der Waals surface area (Å²) in [6.45, 7) is 1.14. The fourth-order valence-corrected chi connectivity index (χ4v) is 1.36. The smallest absolute Gasteiger partial charge is 0.354 e. The number of likely N-dealkylation sites (N-methyl/N-ethyl adjacent to an activating group) is 1. The summed E-state index contributed by atoms with van der Waals surface area (Å²) in [6.07, 6.45) is 0. The van der Waals surface area contributed by atoms with E-state index in [-0.39, 0.29) is 18.9 Å². The number of anilines is 2. The largest absolute Gasteiger partial charge is 0.477 e. The highest BCUT2D eigenvalue weighted by Crippen LogP contribution is 2.19. The standard InChI is InChI=1S/C11H17N3O4/c1-14(4-6-18-7-5-15)10-8(12)2-3-9(13-10)11(16)17/h2-3,15H,4-7,12H2,1H3,(H,16,17). The third-order valence-electron chi connectivity index (χ3n) is 2.29. The van der Waals surface area contributed by atoms with Crippen LogP contribution < -0.4 is 10.6 Å². The van der Waals surface area contributed by atoms with E-state index in [1.54, 1.807) is 11.9 Å². The van der Waals surface area contributed by atoms with Crippen LogP contribution in [0.4, 0.5) is 11.5 Å². The van der Waals surface area contributed by atoms with Crippen LogP contribution in [0.5, 0.6) is 0 Å². The predicted molar refractivity (Wildman–Crippen MR) is 66.8 cm³/mol. The summed E-state index contributed by atoms with van der Waals surface area (Å²) in [4.78, 5) is 16.5. The van der Waals surface area contributed by atoms with Crippen molar-refractivity contribution in [3.63, 3.8) is 0 Å². The van der Waals surface area contributed by atoms with Gasteiger partial charge in [0.05, 0.1) is 25.5 Å². The molecule has 0 spiro atoms. The fourth-order valence-electron chi connectivity index (χ4n) is 1.36. The maximum absolute atomic E-state index is 10.8. The normalized spacial score (nSPS) is 10.3. The zero-order valence-corrected chi connectivity index (χ0v) is 10.2. The first-order chi connectivity index (χ1) is 8.56. The number of ether oxygens (including phenoxy) is 1. The number of nitrogens with two attached hydrogens (primary N) is 1. The lowest BCUT2D eigenvalue weighted by Gasteiger charge is -2.19. The van der Waals surface area contributed by atoms with Crippen LogP contribution >= 0.6 is 0 Å². The molecule has 4 N–H and O–H groups in total. The summed E-state index contributed by atoms with van der Waals surface area (Å²) in [5, 5.41) is 17.4. The summed E-state index contributed by atoms with van der Waals surface area (Å²) >= 11 is 0. The molecule has 0 radical (unpaired) electrons. The summed E-state index contributed by atoms with van der Waals surface area (Å²) in [7, 11) is 1.74. The van der Waals surface area contributed by atoms with E-state index >= 15 is 0 Å². The van der Waals surface area contributed by atoms with Gasteiger partial charge in [0, 0.05) is 13.6 Å². The van der Waals surface area contributed by atoms with Gasteiger partial charge in [-0.15, -0.1) is 0 Å². The number of pyridine rings is 1. The second-order valence-electron chi connectivity index (χ2n) is 3.67. The lowest BCUT2D eigenvalue weighted by Crippen LogP contribution is -2.25. The van der Waals surface area contributed by atoms with Gasteiger partial charge in [0.25, 0.3) is 0 Å². The maximum Gasteiger partial charge on any atom is 0.354 e. The molecule has 0 atom stereocenters. The second kappa shape index (κ2) is 6.77. The number of carbonyl (C=O) groups is 1. The van der Waals surface area contributed by atoms with Crippen molar-refractivity contribution in [2.75, 3.05) is 44.0 Å². The van der Waals surface area contributed by atoms with E-state index in [1.165, 1.54) is 12.1 Å². The lowest BCUT2D eigenvalue weighted by atomic mass is 10.3. The minimum absolute atomic E-state index is 0.0292. The van der Waals surface area contributed by atoms with Gasteiger partial charge < -0.3 is 25.6 Å². The quantitative estimate of drug-likeness (QED) is 0.579. The Morgan fingerprint density at radius 2 is 2.22 bits per heavy atom. The van der Waals surface area contributed by atoms with Gasteiger partial charge in [-0.2, -0.15) is 0 Å². The molecule has 1 heterocycles. The van der Waals surface area contributed by atoms with Crippen molar-refractivity contribution in [3.8, 4) is 0 Å². The predicted octanol–water partition coefficient (Wildman–Crippen LogP) is -0.193. The van der Waals surface area contributed by atoms with E-state index in [1.807, 2.05) is 0 Å². The third kappa shape index (κ3) is 3.86. The van der Waals surface area contributed by atoms with Crippen molar-refractivity contribution < 1.29 is 19.7 Å². The Balaban J connectivity index is 2.68. The number of aliphatic hydroxyl groups excluding tert-OH is 1. The highest BCUT2D eigenvalue weighted by atomic mass is 16.5. The van der Waals surface area contributed by atoms with Crippen molar-refractivity contribution in [1.82, 2.24) is 4.98 Å². The first-order valence-corrected chi connectivity index (χ1v) is 5.45. The first-order valence-electron chi connectivity index (χ1n) is 5.45. The monoisotopic (exact) mass is 255 g/mol. The molecule has 1 aromatic rings. The van der Waals surface area contributed by atoms with Crippen molar-refractivity contribution in [3.05, 3.63) is 17.8 Å². The summed E-state index contributed by atoms with van der Waals surface area (Å²) in [5.41, 5.74) is 6.10. The Morgan fingerprint density at radius 1 is 1.50 bits per heavy atom. The zero-order chi connectivity index (χ0) is 13.5. The summed E-state index contributed by atoms with van der Waals surface area (Å²) in [5.74, 6) is -0.691. The first kappa shape index (κ1) is 14.2. The highest BCUT2D eigenvalue weighted by molar-refractivity contribution is 5.86. The van der Waals surface area contributed by atoms with Crippen LogP contribution in [-0.2, 0) is 4.74 Å². The number of aromatic nitrogens is 1. The molecule has 7 nitrogen and oxygen atoms in total. The topological polar surface area (TPSA) is 109 Å². The van der Waals surface area contributed by atoms with Gasteiger partial charge in [-0.1, -0.05) is 0 Å². The molecule has 100 valence electrons. The molecule has 1 rings (SSSR count). The molecular formula is C11H17N3O4. The van der Waals surface area contributed by atoms with Crippen molar-refractivity contribution in [1.29, 1.82) is 0 Å². The molecule has 0 aromatic carbocycles. The number of carboxylic acid groups (broad SMARTS) is 1. The average Bonchev–Trinajstić information content (AvgIpc) is 2.34. The van der Waals surface area contributed by atoms with Crippen LogP contribution in [0, 0.1) is 0 Å². The van der Waals surface area contributed by atoms with E-state index in [2.05, 4.69) is 4.98 Å². The Morgan fingerprint density at radius 3 is 2.83 bits per heavy atom. The van der Waals surface area contributed by atoms with E-state index in [9.17, 15) is 4.79 Å². The molecular weight excluding hydrogens is 238 g/mol. The Bertz CT molecular complexity index is 411. The van der Waals surface area contributed by atoms with Crippen LogP contribution in [0.25, 0.3) is 0 Å². The van der Waals surface area contributed by atoms with E-state index in [0.717, 1.165) is 0 Å². The molecule has 0 aliphatic heterocycles. The van der Waals surface area contributed by atoms with Crippen molar-refractivity contribution in [2.24, 2.45) is 0 Å². The molecule has 0 unspecified atom stereocenters. The van der Waals surface area contributed by atoms with Crippen molar-refractivity contribution in [2.45, 2.75) is 0 Å². The Hall–Kier alpha value is -1.86. The second-order valence-corrected chi connectivity index (χ2v) is 3.67. The SMILES string of the molecule is CN(CCOCCO)c1nc(C(=O)O)ccc1N. The van der Waals surface area contributed by atoms with Gasteiger partial charge in [0.2, 0.25) is 0 Å². The minimum Gasteiger partial charge on any atom is -0.477 e. The average molecular weight is 255 g/mol. The summed E-state index contributed by atoms with van der Waals surface area (Å²) < 4.78 is 5.12. The molecule has 0 amide bonds. The molecule has 0 aliphatic rings. The number of aromatic carboxylic acids is 1. The van der Waals surface area contributed by atoms with Gasteiger partial charge in [0.1, 0.15) is 0 Å². The number of nitrogen functional groups attached to an aromatic ring is 1. The molecule has 1 aromatic heterocycles. The van der Waals surface area contributed by atoms with Crippen molar-refractivity contribution >= 4 is 17.5 Å². The van der Waals surface area contributed by atoms with Crippen LogP contribution in [0.15, 0.2) is 12.1 Å². The number of nitrogens with zero attached hydrogens (tertiary/aromatic N) is 2. The lowest BCUT2D eigenvalue weighted by molar-refractivity contribution is 0.0690. The van der Waals surface area contributed by atoms with Crippen LogP contribution in [0.3, 0.4) is 0 Å². The van der Waals surface area contributed by atoms with Gasteiger partial charge in [0.15, 0.2) is 11.5 Å². The number of hydrogen-bond acceptors (Lipinski definition) is 6. The molecule has 0 saturated carbocycles. The molecule has 18 heavy (non-hydrogen) atoms. The van der Waals surface area contributed by atoms with Gasteiger partial charge in [-0.05, 0) is 12.1 Å². The molecule has 0 saturated heterocycles. The fraction of sp³-hybridized carbons (Fsp3) is 0.455. The van der Waals surface area contributed by atoms with Crippen LogP contribution in [-0.4, -0.2) is 54.6 Å². The van der Waals surface area contributed by atoms with Gasteiger partial charge >= 0.3 is 5.97 Å². The van der Waals surface area contributed by atoms with Gasteiger partial charge in [-0.25, -0.2) is 9.78 Å². The van der Waals surface area contributed by atoms with Crippen LogP contribution in [0.1, 0.15) is 10.5 Å². The zero-order valence-electron chi connectivity index (χ0n) is 10.2. The number of rotatable bonds is 7. The molecule has 7 heteroatoms. The Labute approximate surface area is 105 Å². The van der Waals surface area contributed by atoms with E-state index in [4.69, 9.17) is 20.7 Å². The maximum atomic E-state index is 10.8.